The Morgan fingerprint density at radius 1 is 1.43 bits per heavy atom. The molecule has 0 saturated heterocycles. The molecule has 0 amide bonds. The largest absolute Gasteiger partial charge is 0.384 e. The fraction of sp³-hybridized carbons (Fsp3) is 0.455. The zero-order chi connectivity index (χ0) is 10.4. The summed E-state index contributed by atoms with van der Waals surface area (Å²) >= 11 is 5.42. The Kier molecular flexibility index (Phi) is 5.41. The number of aryl methyl sites for hydroxylation is 1. The third kappa shape index (κ3) is 3.93. The van der Waals surface area contributed by atoms with E-state index in [-0.39, 0.29) is 0 Å². The lowest BCUT2D eigenvalue weighted by atomic mass is 10.2. The molecule has 0 aromatic heterocycles. The number of nitrogens with one attached hydrogen (secondary N) is 1. The second-order valence-electron chi connectivity index (χ2n) is 3.08. The molecule has 1 aromatic rings. The number of benzene rings is 1. The summed E-state index contributed by atoms with van der Waals surface area (Å²) in [7, 11) is 0. The Hall–Kier alpha value is -0.150. The molecular formula is C11H16BrNS. The SMILES string of the molecule is CCSCCNc1ccc(Br)cc1C. The summed E-state index contributed by atoms with van der Waals surface area (Å²) < 4.78 is 1.14. The first-order valence-corrected chi connectivity index (χ1v) is 6.76. The number of anilines is 1. The highest BCUT2D eigenvalue weighted by atomic mass is 79.9. The van der Waals surface area contributed by atoms with Gasteiger partial charge < -0.3 is 5.32 Å². The Labute approximate surface area is 98.8 Å². The van der Waals surface area contributed by atoms with E-state index in [0.717, 1.165) is 11.0 Å². The quantitative estimate of drug-likeness (QED) is 0.817. The lowest BCUT2D eigenvalue weighted by Gasteiger charge is -2.09. The zero-order valence-electron chi connectivity index (χ0n) is 8.64. The average molecular weight is 274 g/mol. The summed E-state index contributed by atoms with van der Waals surface area (Å²) in [6.45, 7) is 5.36. The minimum atomic E-state index is 1.04. The van der Waals surface area contributed by atoms with Gasteiger partial charge in [0.1, 0.15) is 0 Å². The van der Waals surface area contributed by atoms with Crippen molar-refractivity contribution in [1.82, 2.24) is 0 Å². The van der Waals surface area contributed by atoms with Crippen molar-refractivity contribution in [3.63, 3.8) is 0 Å². The lowest BCUT2D eigenvalue weighted by Crippen LogP contribution is -2.05. The molecule has 0 saturated carbocycles. The van der Waals surface area contributed by atoms with Crippen LogP contribution >= 0.6 is 27.7 Å². The van der Waals surface area contributed by atoms with E-state index in [2.05, 4.69) is 53.3 Å². The molecular weight excluding hydrogens is 258 g/mol. The molecule has 0 spiro atoms. The predicted molar refractivity (Wildman–Crippen MR) is 70.4 cm³/mol. The number of rotatable bonds is 5. The van der Waals surface area contributed by atoms with Crippen LogP contribution in [-0.4, -0.2) is 18.1 Å². The first-order valence-electron chi connectivity index (χ1n) is 4.82. The average Bonchev–Trinajstić information content (AvgIpc) is 2.15. The Morgan fingerprint density at radius 3 is 2.86 bits per heavy atom. The van der Waals surface area contributed by atoms with E-state index < -0.39 is 0 Å². The van der Waals surface area contributed by atoms with Crippen molar-refractivity contribution < 1.29 is 0 Å². The normalized spacial score (nSPS) is 10.2. The maximum absolute atomic E-state index is 3.46. The first-order chi connectivity index (χ1) is 6.74. The van der Waals surface area contributed by atoms with Crippen LogP contribution in [0.1, 0.15) is 12.5 Å². The summed E-state index contributed by atoms with van der Waals surface area (Å²) in [5, 5.41) is 3.43. The molecule has 1 aromatic carbocycles. The summed E-state index contributed by atoms with van der Waals surface area (Å²) in [5.41, 5.74) is 2.53. The second-order valence-corrected chi connectivity index (χ2v) is 5.39. The van der Waals surface area contributed by atoms with Crippen molar-refractivity contribution in [2.75, 3.05) is 23.4 Å². The second kappa shape index (κ2) is 6.36. The van der Waals surface area contributed by atoms with Crippen molar-refractivity contribution in [3.05, 3.63) is 28.2 Å². The molecule has 1 rings (SSSR count). The molecule has 0 aliphatic rings. The molecule has 0 aliphatic carbocycles. The van der Waals surface area contributed by atoms with Gasteiger partial charge in [0.25, 0.3) is 0 Å². The van der Waals surface area contributed by atoms with Crippen LogP contribution in [0.3, 0.4) is 0 Å². The van der Waals surface area contributed by atoms with Crippen LogP contribution in [0.5, 0.6) is 0 Å². The van der Waals surface area contributed by atoms with Gasteiger partial charge in [-0.15, -0.1) is 0 Å². The van der Waals surface area contributed by atoms with Crippen molar-refractivity contribution in [3.8, 4) is 0 Å². The lowest BCUT2D eigenvalue weighted by molar-refractivity contribution is 1.21. The van der Waals surface area contributed by atoms with E-state index in [1.54, 1.807) is 0 Å². The topological polar surface area (TPSA) is 12.0 Å². The van der Waals surface area contributed by atoms with Gasteiger partial charge in [-0.05, 0) is 36.4 Å². The maximum Gasteiger partial charge on any atom is 0.0370 e. The molecule has 0 radical (unpaired) electrons. The zero-order valence-corrected chi connectivity index (χ0v) is 11.0. The van der Waals surface area contributed by atoms with Gasteiger partial charge in [-0.1, -0.05) is 22.9 Å². The highest BCUT2D eigenvalue weighted by molar-refractivity contribution is 9.10. The standard InChI is InChI=1S/C11H16BrNS/c1-3-14-7-6-13-11-5-4-10(12)8-9(11)2/h4-5,8,13H,3,6-7H2,1-2H3. The molecule has 78 valence electrons. The summed E-state index contributed by atoms with van der Waals surface area (Å²) in [6, 6.07) is 6.33. The van der Waals surface area contributed by atoms with Crippen LogP contribution in [0, 0.1) is 6.92 Å². The minimum Gasteiger partial charge on any atom is -0.384 e. The molecule has 0 fully saturated rings. The van der Waals surface area contributed by atoms with Gasteiger partial charge in [0, 0.05) is 22.5 Å². The highest BCUT2D eigenvalue weighted by Crippen LogP contribution is 2.19. The third-order valence-corrected chi connectivity index (χ3v) is 3.35. The van der Waals surface area contributed by atoms with Crippen LogP contribution in [0.4, 0.5) is 5.69 Å². The number of halogens is 1. The van der Waals surface area contributed by atoms with E-state index in [4.69, 9.17) is 0 Å². The van der Waals surface area contributed by atoms with E-state index in [9.17, 15) is 0 Å². The smallest absolute Gasteiger partial charge is 0.0370 e. The minimum absolute atomic E-state index is 1.04. The van der Waals surface area contributed by atoms with Crippen LogP contribution in [-0.2, 0) is 0 Å². The van der Waals surface area contributed by atoms with Gasteiger partial charge in [-0.25, -0.2) is 0 Å². The molecule has 1 nitrogen and oxygen atoms in total. The number of hydrogen-bond donors (Lipinski definition) is 1. The number of hydrogen-bond acceptors (Lipinski definition) is 2. The first kappa shape index (κ1) is 11.9. The molecule has 3 heteroatoms. The molecule has 0 atom stereocenters. The molecule has 0 unspecified atom stereocenters. The number of thioether (sulfide) groups is 1. The van der Waals surface area contributed by atoms with E-state index in [1.165, 1.54) is 22.8 Å². The summed E-state index contributed by atoms with van der Waals surface area (Å²) in [4.78, 5) is 0. The van der Waals surface area contributed by atoms with Gasteiger partial charge >= 0.3 is 0 Å². The van der Waals surface area contributed by atoms with Gasteiger partial charge in [0.05, 0.1) is 0 Å². The molecule has 14 heavy (non-hydrogen) atoms. The molecule has 0 bridgehead atoms. The Bertz CT molecular complexity index is 289. The summed E-state index contributed by atoms with van der Waals surface area (Å²) in [5.74, 6) is 2.37. The fourth-order valence-electron chi connectivity index (χ4n) is 1.23. The monoisotopic (exact) mass is 273 g/mol. The van der Waals surface area contributed by atoms with Gasteiger partial charge in [0.2, 0.25) is 0 Å². The van der Waals surface area contributed by atoms with E-state index >= 15 is 0 Å². The molecule has 0 heterocycles. The van der Waals surface area contributed by atoms with Crippen LogP contribution in [0.15, 0.2) is 22.7 Å². The maximum atomic E-state index is 3.46. The van der Waals surface area contributed by atoms with Gasteiger partial charge in [-0.2, -0.15) is 11.8 Å². The predicted octanol–water partition coefficient (Wildman–Crippen LogP) is 3.92. The van der Waals surface area contributed by atoms with Gasteiger partial charge in [-0.3, -0.25) is 0 Å². The Morgan fingerprint density at radius 2 is 2.21 bits per heavy atom. The van der Waals surface area contributed by atoms with Crippen molar-refractivity contribution in [1.29, 1.82) is 0 Å². The van der Waals surface area contributed by atoms with Gasteiger partial charge in [0.15, 0.2) is 0 Å². The van der Waals surface area contributed by atoms with Crippen LogP contribution < -0.4 is 5.32 Å². The Balaban J connectivity index is 2.42. The van der Waals surface area contributed by atoms with Crippen LogP contribution in [0.2, 0.25) is 0 Å². The fourth-order valence-corrected chi connectivity index (χ4v) is 2.24. The van der Waals surface area contributed by atoms with E-state index in [0.29, 0.717) is 0 Å². The van der Waals surface area contributed by atoms with E-state index in [1.807, 2.05) is 11.8 Å². The molecule has 0 aliphatic heterocycles. The van der Waals surface area contributed by atoms with Crippen molar-refractivity contribution >= 4 is 33.4 Å². The van der Waals surface area contributed by atoms with Crippen molar-refractivity contribution in [2.24, 2.45) is 0 Å². The summed E-state index contributed by atoms with van der Waals surface area (Å²) in [6.07, 6.45) is 0. The molecule has 1 N–H and O–H groups in total. The van der Waals surface area contributed by atoms with Crippen molar-refractivity contribution in [2.45, 2.75) is 13.8 Å². The van der Waals surface area contributed by atoms with Crippen LogP contribution in [0.25, 0.3) is 0 Å². The third-order valence-electron chi connectivity index (χ3n) is 1.95. The highest BCUT2D eigenvalue weighted by Gasteiger charge is 1.97.